The van der Waals surface area contributed by atoms with E-state index in [4.69, 9.17) is 14.2 Å². The van der Waals surface area contributed by atoms with Crippen molar-refractivity contribution in [3.8, 4) is 0 Å². The van der Waals surface area contributed by atoms with Crippen molar-refractivity contribution in [1.82, 2.24) is 0 Å². The molecule has 400 valence electrons. The van der Waals surface area contributed by atoms with Gasteiger partial charge in [0.25, 0.3) is 0 Å². The average Bonchev–Trinajstić information content (AvgIpc) is 3.35. The Balaban J connectivity index is 4.23. The SMILES string of the molecule is CC/C=C\C/C=C\C/C=C\C/C=C\C/C=C\CCCC(=O)OC(COC(=O)CCCCCCCCCCC)COC(=O)CCCCCCCCCCCCCCCCCCCCCCCCCCC. The molecule has 0 rings (SSSR count). The van der Waals surface area contributed by atoms with Crippen molar-refractivity contribution >= 4 is 17.9 Å². The monoisotopic (exact) mass is 965 g/mol. The van der Waals surface area contributed by atoms with Gasteiger partial charge in [0.1, 0.15) is 13.2 Å². The number of ether oxygens (including phenoxy) is 3. The molecule has 0 radical (unpaired) electrons. The molecule has 0 N–H and O–H groups in total. The van der Waals surface area contributed by atoms with Gasteiger partial charge in [-0.05, 0) is 57.8 Å². The minimum atomic E-state index is -0.800. The quantitative estimate of drug-likeness (QED) is 0.0262. The first-order valence-electron chi connectivity index (χ1n) is 29.8. The first-order chi connectivity index (χ1) is 34.0. The molecule has 69 heavy (non-hydrogen) atoms. The number of hydrogen-bond acceptors (Lipinski definition) is 6. The second-order valence-electron chi connectivity index (χ2n) is 19.9. The van der Waals surface area contributed by atoms with Gasteiger partial charge in [-0.2, -0.15) is 0 Å². The number of esters is 3. The van der Waals surface area contributed by atoms with E-state index in [-0.39, 0.29) is 37.5 Å². The molecule has 0 fully saturated rings. The highest BCUT2D eigenvalue weighted by Crippen LogP contribution is 2.17. The van der Waals surface area contributed by atoms with Gasteiger partial charge in [0.2, 0.25) is 0 Å². The van der Waals surface area contributed by atoms with Gasteiger partial charge in [-0.15, -0.1) is 0 Å². The van der Waals surface area contributed by atoms with Gasteiger partial charge in [0, 0.05) is 19.3 Å². The molecule has 0 aromatic carbocycles. The van der Waals surface area contributed by atoms with E-state index in [0.29, 0.717) is 19.3 Å². The summed E-state index contributed by atoms with van der Waals surface area (Å²) in [5.74, 6) is -0.942. The van der Waals surface area contributed by atoms with Crippen LogP contribution in [0, 0.1) is 0 Å². The Hall–Kier alpha value is -2.89. The Labute approximate surface area is 428 Å². The van der Waals surface area contributed by atoms with E-state index < -0.39 is 6.10 Å². The number of hydrogen-bond donors (Lipinski definition) is 0. The highest BCUT2D eigenvalue weighted by Gasteiger charge is 2.19. The number of carbonyl (C=O) groups is 3. The van der Waals surface area contributed by atoms with Crippen molar-refractivity contribution in [1.29, 1.82) is 0 Å². The smallest absolute Gasteiger partial charge is 0.306 e. The van der Waals surface area contributed by atoms with Crippen LogP contribution in [0.4, 0.5) is 0 Å². The molecular formula is C63H112O6. The maximum absolute atomic E-state index is 12.8. The summed E-state index contributed by atoms with van der Waals surface area (Å²) < 4.78 is 16.8. The normalized spacial score (nSPS) is 12.4. The molecule has 6 heteroatoms. The summed E-state index contributed by atoms with van der Waals surface area (Å²) in [4.78, 5) is 38.0. The molecule has 1 unspecified atom stereocenters. The number of carbonyl (C=O) groups excluding carboxylic acids is 3. The van der Waals surface area contributed by atoms with Gasteiger partial charge in [0.05, 0.1) is 0 Å². The van der Waals surface area contributed by atoms with E-state index in [1.165, 1.54) is 180 Å². The Morgan fingerprint density at radius 3 is 0.870 bits per heavy atom. The van der Waals surface area contributed by atoms with Crippen molar-refractivity contribution in [2.75, 3.05) is 13.2 Å². The topological polar surface area (TPSA) is 78.9 Å². The third-order valence-corrected chi connectivity index (χ3v) is 13.0. The number of allylic oxidation sites excluding steroid dienone is 10. The summed E-state index contributed by atoms with van der Waals surface area (Å²) in [6.45, 7) is 6.49. The highest BCUT2D eigenvalue weighted by molar-refractivity contribution is 5.71. The second-order valence-corrected chi connectivity index (χ2v) is 19.9. The Morgan fingerprint density at radius 1 is 0.304 bits per heavy atom. The zero-order valence-electron chi connectivity index (χ0n) is 45.8. The van der Waals surface area contributed by atoms with Crippen LogP contribution in [-0.2, 0) is 28.6 Å². The molecule has 0 saturated carbocycles. The van der Waals surface area contributed by atoms with Crippen LogP contribution in [0.3, 0.4) is 0 Å². The molecule has 0 aliphatic heterocycles. The summed E-state index contributed by atoms with van der Waals surface area (Å²) >= 11 is 0. The van der Waals surface area contributed by atoms with Crippen LogP contribution in [0.15, 0.2) is 60.8 Å². The van der Waals surface area contributed by atoms with Crippen LogP contribution in [0.2, 0.25) is 0 Å². The molecule has 0 bridgehead atoms. The zero-order valence-corrected chi connectivity index (χ0v) is 45.8. The minimum Gasteiger partial charge on any atom is -0.462 e. The molecule has 0 aromatic heterocycles. The molecule has 0 heterocycles. The fourth-order valence-corrected chi connectivity index (χ4v) is 8.60. The van der Waals surface area contributed by atoms with Crippen LogP contribution >= 0.6 is 0 Å². The Morgan fingerprint density at radius 2 is 0.565 bits per heavy atom. The van der Waals surface area contributed by atoms with Crippen molar-refractivity contribution in [2.45, 2.75) is 309 Å². The summed E-state index contributed by atoms with van der Waals surface area (Å²) in [6, 6.07) is 0. The van der Waals surface area contributed by atoms with E-state index in [1.54, 1.807) is 0 Å². The Bertz CT molecular complexity index is 1250. The van der Waals surface area contributed by atoms with Gasteiger partial charge >= 0.3 is 17.9 Å². The first kappa shape index (κ1) is 66.1. The fraction of sp³-hybridized carbons (Fsp3) is 0.794. The molecule has 0 spiro atoms. The van der Waals surface area contributed by atoms with Gasteiger partial charge < -0.3 is 14.2 Å². The maximum Gasteiger partial charge on any atom is 0.306 e. The van der Waals surface area contributed by atoms with Crippen LogP contribution in [-0.4, -0.2) is 37.2 Å². The molecule has 0 amide bonds. The summed E-state index contributed by atoms with van der Waals surface area (Å²) in [7, 11) is 0. The fourth-order valence-electron chi connectivity index (χ4n) is 8.60. The van der Waals surface area contributed by atoms with Gasteiger partial charge in [-0.3, -0.25) is 14.4 Å². The zero-order chi connectivity index (χ0) is 50.0. The molecule has 0 aliphatic rings. The lowest BCUT2D eigenvalue weighted by molar-refractivity contribution is -0.167. The van der Waals surface area contributed by atoms with E-state index >= 15 is 0 Å². The third kappa shape index (κ3) is 55.9. The van der Waals surface area contributed by atoms with Gasteiger partial charge in [-0.25, -0.2) is 0 Å². The predicted octanol–water partition coefficient (Wildman–Crippen LogP) is 20.0. The first-order valence-corrected chi connectivity index (χ1v) is 29.8. The molecule has 6 nitrogen and oxygen atoms in total. The van der Waals surface area contributed by atoms with E-state index in [9.17, 15) is 14.4 Å². The standard InChI is InChI=1S/C63H112O6/c1-4-7-10-13-16-19-21-23-25-27-28-29-30-31-32-33-34-36-37-39-41-44-47-50-53-56-62(65)68-59-60(58-67-61(64)55-52-49-46-43-18-15-12-9-6-3)69-63(66)57-54-51-48-45-42-40-38-35-26-24-22-20-17-14-11-8-5-2/h8,11,17,20,24,26,38,40,45,48,60H,4-7,9-10,12-16,18-19,21-23,25,27-37,39,41-44,46-47,49-59H2,1-3H3/b11-8-,20-17-,26-24-,40-38-,48-45-. The summed E-state index contributed by atoms with van der Waals surface area (Å²) in [5, 5.41) is 0. The highest BCUT2D eigenvalue weighted by atomic mass is 16.6. The van der Waals surface area contributed by atoms with E-state index in [1.807, 2.05) is 0 Å². The summed E-state index contributed by atoms with van der Waals surface area (Å²) in [5.41, 5.74) is 0. The lowest BCUT2D eigenvalue weighted by Gasteiger charge is -2.18. The van der Waals surface area contributed by atoms with Crippen LogP contribution < -0.4 is 0 Å². The van der Waals surface area contributed by atoms with E-state index in [2.05, 4.69) is 81.5 Å². The van der Waals surface area contributed by atoms with E-state index in [0.717, 1.165) is 77.0 Å². The van der Waals surface area contributed by atoms with Gasteiger partial charge in [0.15, 0.2) is 6.10 Å². The maximum atomic E-state index is 12.8. The van der Waals surface area contributed by atoms with Crippen molar-refractivity contribution in [3.05, 3.63) is 60.8 Å². The lowest BCUT2D eigenvalue weighted by atomic mass is 10.0. The van der Waals surface area contributed by atoms with Crippen molar-refractivity contribution in [2.24, 2.45) is 0 Å². The van der Waals surface area contributed by atoms with Crippen LogP contribution in [0.25, 0.3) is 0 Å². The molecule has 1 atom stereocenters. The number of unbranched alkanes of at least 4 members (excludes halogenated alkanes) is 33. The van der Waals surface area contributed by atoms with Crippen LogP contribution in [0.1, 0.15) is 303 Å². The molecule has 0 aromatic rings. The van der Waals surface area contributed by atoms with Crippen LogP contribution in [0.5, 0.6) is 0 Å². The molecular weight excluding hydrogens is 853 g/mol. The lowest BCUT2D eigenvalue weighted by Crippen LogP contribution is -2.30. The predicted molar refractivity (Wildman–Crippen MR) is 298 cm³/mol. The third-order valence-electron chi connectivity index (χ3n) is 13.0. The average molecular weight is 966 g/mol. The number of rotatable bonds is 54. The molecule has 0 saturated heterocycles. The van der Waals surface area contributed by atoms with Crippen molar-refractivity contribution < 1.29 is 28.6 Å². The minimum absolute atomic E-state index is 0.0932. The van der Waals surface area contributed by atoms with Gasteiger partial charge in [-0.1, -0.05) is 287 Å². The Kier molecular flexibility index (Phi) is 55.3. The van der Waals surface area contributed by atoms with Crippen molar-refractivity contribution in [3.63, 3.8) is 0 Å². The summed E-state index contributed by atoms with van der Waals surface area (Å²) in [6.07, 6.45) is 72.5. The molecule has 0 aliphatic carbocycles. The second kappa shape index (κ2) is 57.7. The largest absolute Gasteiger partial charge is 0.462 e.